The quantitative estimate of drug-likeness (QED) is 0.200. The predicted octanol–water partition coefficient (Wildman–Crippen LogP) is 0.768. The van der Waals surface area contributed by atoms with Gasteiger partial charge in [0.05, 0.1) is 4.55 Å². The second kappa shape index (κ2) is 6.01. The average Bonchev–Trinajstić information content (AvgIpc) is 2.01. The fraction of sp³-hybridized carbons (Fsp3) is 0.714. The fourth-order valence-electron chi connectivity index (χ4n) is 0.598. The SMILES string of the molecule is CC(C)NC(=N)NC(=N)N(C)CI. The molecule has 0 spiro atoms. The molecule has 0 aromatic heterocycles. The lowest BCUT2D eigenvalue weighted by Crippen LogP contribution is -2.47. The third-order valence-corrected chi connectivity index (χ3v) is 2.26. The van der Waals surface area contributed by atoms with Crippen LogP contribution in [-0.4, -0.2) is 34.5 Å². The van der Waals surface area contributed by atoms with E-state index in [4.69, 9.17) is 10.8 Å². The van der Waals surface area contributed by atoms with Crippen LogP contribution in [0.25, 0.3) is 0 Å². The largest absolute Gasteiger partial charge is 0.354 e. The summed E-state index contributed by atoms with van der Waals surface area (Å²) >= 11 is 2.16. The Morgan fingerprint density at radius 1 is 1.46 bits per heavy atom. The number of halogens is 1. The zero-order valence-corrected chi connectivity index (χ0v) is 10.3. The number of guanidine groups is 2. The molecular formula is C7H16IN5. The van der Waals surface area contributed by atoms with Gasteiger partial charge in [0.25, 0.3) is 0 Å². The highest BCUT2D eigenvalue weighted by atomic mass is 127. The van der Waals surface area contributed by atoms with Crippen LogP contribution >= 0.6 is 22.6 Å². The van der Waals surface area contributed by atoms with Crippen LogP contribution in [0, 0.1) is 10.8 Å². The second-order valence-electron chi connectivity index (χ2n) is 2.97. The molecular weight excluding hydrogens is 281 g/mol. The van der Waals surface area contributed by atoms with Gasteiger partial charge in [-0.2, -0.15) is 0 Å². The average molecular weight is 297 g/mol. The van der Waals surface area contributed by atoms with E-state index in [1.165, 1.54) is 0 Å². The second-order valence-corrected chi connectivity index (χ2v) is 3.65. The van der Waals surface area contributed by atoms with Crippen molar-refractivity contribution in [3.05, 3.63) is 0 Å². The summed E-state index contributed by atoms with van der Waals surface area (Å²) in [6.07, 6.45) is 0. The molecule has 0 aliphatic heterocycles. The van der Waals surface area contributed by atoms with Crippen LogP contribution < -0.4 is 10.6 Å². The van der Waals surface area contributed by atoms with Crippen molar-refractivity contribution in [2.75, 3.05) is 11.6 Å². The molecule has 0 bridgehead atoms. The lowest BCUT2D eigenvalue weighted by atomic mass is 10.4. The standard InChI is InChI=1S/C7H16IN5/c1-5(2)11-6(9)12-7(10)13(3)4-8/h5H,4H2,1-3H3,(H4,9,10,11,12). The molecule has 0 aromatic carbocycles. The third-order valence-electron chi connectivity index (χ3n) is 1.24. The first-order valence-corrected chi connectivity index (χ1v) is 5.47. The molecule has 0 rings (SSSR count). The molecule has 0 aliphatic rings. The monoisotopic (exact) mass is 297 g/mol. The van der Waals surface area contributed by atoms with Crippen molar-refractivity contribution in [3.63, 3.8) is 0 Å². The molecule has 6 heteroatoms. The molecule has 0 fully saturated rings. The van der Waals surface area contributed by atoms with Gasteiger partial charge in [0.2, 0.25) is 0 Å². The van der Waals surface area contributed by atoms with Crippen molar-refractivity contribution in [3.8, 4) is 0 Å². The minimum Gasteiger partial charge on any atom is -0.354 e. The minimum atomic E-state index is 0.164. The molecule has 13 heavy (non-hydrogen) atoms. The van der Waals surface area contributed by atoms with Gasteiger partial charge in [0, 0.05) is 13.1 Å². The van der Waals surface area contributed by atoms with Crippen LogP contribution in [0.4, 0.5) is 0 Å². The number of nitrogens with one attached hydrogen (secondary N) is 4. The van der Waals surface area contributed by atoms with Gasteiger partial charge in [0.1, 0.15) is 0 Å². The van der Waals surface area contributed by atoms with E-state index in [0.717, 1.165) is 4.55 Å². The van der Waals surface area contributed by atoms with E-state index in [2.05, 4.69) is 33.2 Å². The van der Waals surface area contributed by atoms with Crippen LogP contribution in [0.3, 0.4) is 0 Å². The third kappa shape index (κ3) is 5.67. The van der Waals surface area contributed by atoms with Crippen molar-refractivity contribution >= 4 is 34.5 Å². The van der Waals surface area contributed by atoms with Gasteiger partial charge in [-0.1, -0.05) is 22.6 Å². The topological polar surface area (TPSA) is 75.0 Å². The first-order chi connectivity index (χ1) is 5.97. The molecule has 0 amide bonds. The molecule has 76 valence electrons. The van der Waals surface area contributed by atoms with Gasteiger partial charge in [0.15, 0.2) is 11.9 Å². The Bertz CT molecular complexity index is 191. The van der Waals surface area contributed by atoms with Crippen LogP contribution in [0.5, 0.6) is 0 Å². The van der Waals surface area contributed by atoms with E-state index in [1.807, 2.05) is 13.8 Å². The maximum Gasteiger partial charge on any atom is 0.198 e. The van der Waals surface area contributed by atoms with Crippen molar-refractivity contribution in [2.24, 2.45) is 0 Å². The van der Waals surface area contributed by atoms with E-state index in [0.29, 0.717) is 0 Å². The number of rotatable bonds is 2. The molecule has 0 saturated heterocycles. The molecule has 0 radical (unpaired) electrons. The smallest absolute Gasteiger partial charge is 0.198 e. The van der Waals surface area contributed by atoms with Crippen LogP contribution in [0.2, 0.25) is 0 Å². The van der Waals surface area contributed by atoms with Gasteiger partial charge in [-0.15, -0.1) is 0 Å². The van der Waals surface area contributed by atoms with Crippen molar-refractivity contribution < 1.29 is 0 Å². The van der Waals surface area contributed by atoms with Crippen LogP contribution in [0.1, 0.15) is 13.8 Å². The lowest BCUT2D eigenvalue weighted by molar-refractivity contribution is 0.585. The molecule has 4 N–H and O–H groups in total. The molecule has 0 unspecified atom stereocenters. The number of nitrogens with zero attached hydrogens (tertiary/aromatic N) is 1. The lowest BCUT2D eigenvalue weighted by Gasteiger charge is -2.19. The van der Waals surface area contributed by atoms with E-state index < -0.39 is 0 Å². The molecule has 0 atom stereocenters. The Labute approximate surface area is 92.4 Å². The first-order valence-electron chi connectivity index (χ1n) is 3.95. The zero-order chi connectivity index (χ0) is 10.4. The Kier molecular flexibility index (Phi) is 5.76. The van der Waals surface area contributed by atoms with Gasteiger partial charge < -0.3 is 10.2 Å². The van der Waals surface area contributed by atoms with Crippen LogP contribution in [-0.2, 0) is 0 Å². The molecule has 0 saturated carbocycles. The number of alkyl halides is 1. The maximum absolute atomic E-state index is 7.50. The normalized spacial score (nSPS) is 9.62. The van der Waals surface area contributed by atoms with Crippen molar-refractivity contribution in [1.82, 2.24) is 15.5 Å². The van der Waals surface area contributed by atoms with Crippen LogP contribution in [0.15, 0.2) is 0 Å². The minimum absolute atomic E-state index is 0.164. The van der Waals surface area contributed by atoms with Gasteiger partial charge in [-0.3, -0.25) is 16.1 Å². The van der Waals surface area contributed by atoms with Crippen molar-refractivity contribution in [2.45, 2.75) is 19.9 Å². The Morgan fingerprint density at radius 2 is 2.00 bits per heavy atom. The summed E-state index contributed by atoms with van der Waals surface area (Å²) in [5.41, 5.74) is 0. The summed E-state index contributed by atoms with van der Waals surface area (Å²) in [7, 11) is 1.80. The highest BCUT2D eigenvalue weighted by molar-refractivity contribution is 14.1. The highest BCUT2D eigenvalue weighted by Crippen LogP contribution is 1.88. The Balaban J connectivity index is 3.85. The zero-order valence-electron chi connectivity index (χ0n) is 8.11. The fourth-order valence-corrected chi connectivity index (χ4v) is 0.939. The van der Waals surface area contributed by atoms with Gasteiger partial charge in [-0.25, -0.2) is 0 Å². The maximum atomic E-state index is 7.50. The highest BCUT2D eigenvalue weighted by Gasteiger charge is 2.04. The summed E-state index contributed by atoms with van der Waals surface area (Å²) in [6.45, 7) is 3.89. The van der Waals surface area contributed by atoms with Crippen molar-refractivity contribution in [1.29, 1.82) is 10.8 Å². The summed E-state index contributed by atoms with van der Waals surface area (Å²) in [5, 5.41) is 20.4. The van der Waals surface area contributed by atoms with Gasteiger partial charge >= 0.3 is 0 Å². The molecule has 5 nitrogen and oxygen atoms in total. The molecule has 0 heterocycles. The predicted molar refractivity (Wildman–Crippen MR) is 63.5 cm³/mol. The molecule has 0 aliphatic carbocycles. The van der Waals surface area contributed by atoms with E-state index in [-0.39, 0.29) is 18.0 Å². The van der Waals surface area contributed by atoms with E-state index in [1.54, 1.807) is 11.9 Å². The Hall–Kier alpha value is -0.530. The first kappa shape index (κ1) is 12.5. The van der Waals surface area contributed by atoms with E-state index >= 15 is 0 Å². The number of hydrogen-bond acceptors (Lipinski definition) is 2. The summed E-state index contributed by atoms with van der Waals surface area (Å²) in [5.74, 6) is 0.393. The summed E-state index contributed by atoms with van der Waals surface area (Å²) in [4.78, 5) is 1.71. The summed E-state index contributed by atoms with van der Waals surface area (Å²) in [6, 6.07) is 0.206. The molecule has 0 aromatic rings. The Morgan fingerprint density at radius 3 is 2.38 bits per heavy atom. The summed E-state index contributed by atoms with van der Waals surface area (Å²) < 4.78 is 0.721. The number of hydrogen-bond donors (Lipinski definition) is 4. The van der Waals surface area contributed by atoms with E-state index in [9.17, 15) is 0 Å². The van der Waals surface area contributed by atoms with Gasteiger partial charge in [-0.05, 0) is 13.8 Å².